The van der Waals surface area contributed by atoms with E-state index in [9.17, 15) is 9.59 Å². The highest BCUT2D eigenvalue weighted by Gasteiger charge is 2.15. The van der Waals surface area contributed by atoms with Gasteiger partial charge in [0.15, 0.2) is 10.9 Å². The van der Waals surface area contributed by atoms with Gasteiger partial charge in [0.2, 0.25) is 0 Å². The van der Waals surface area contributed by atoms with E-state index in [2.05, 4.69) is 15.6 Å². The fourth-order valence-electron chi connectivity index (χ4n) is 2.75. The summed E-state index contributed by atoms with van der Waals surface area (Å²) in [6.07, 6.45) is 3.82. The number of furan rings is 1. The van der Waals surface area contributed by atoms with Gasteiger partial charge in [-0.05, 0) is 42.3 Å². The third-order valence-corrected chi connectivity index (χ3v) is 6.68. The molecule has 6 nitrogen and oxygen atoms in total. The Hall–Kier alpha value is -2.94. The fraction of sp³-hybridized carbons (Fsp3) is 0.0952. The zero-order valence-corrected chi connectivity index (χ0v) is 18.2. The molecule has 3 aromatic heterocycles. The van der Waals surface area contributed by atoms with Crippen molar-refractivity contribution < 1.29 is 14.0 Å². The number of aromatic nitrogens is 1. The molecule has 0 spiro atoms. The summed E-state index contributed by atoms with van der Waals surface area (Å²) in [7, 11) is 0. The van der Waals surface area contributed by atoms with Crippen LogP contribution in [0.3, 0.4) is 0 Å². The molecule has 0 aliphatic heterocycles. The average molecular weight is 458 g/mol. The highest BCUT2D eigenvalue weighted by Crippen LogP contribution is 2.28. The van der Waals surface area contributed by atoms with E-state index in [1.165, 1.54) is 28.9 Å². The summed E-state index contributed by atoms with van der Waals surface area (Å²) < 4.78 is 5.06. The zero-order valence-electron chi connectivity index (χ0n) is 15.8. The number of thiophene rings is 1. The molecule has 2 amide bonds. The number of hydrogen-bond donors (Lipinski definition) is 2. The molecule has 4 rings (SSSR count). The second kappa shape index (κ2) is 8.83. The van der Waals surface area contributed by atoms with Crippen molar-refractivity contribution in [2.24, 2.45) is 0 Å². The van der Waals surface area contributed by atoms with Crippen molar-refractivity contribution in [1.82, 2.24) is 4.98 Å². The van der Waals surface area contributed by atoms with Gasteiger partial charge in [0.05, 0.1) is 16.1 Å². The van der Waals surface area contributed by atoms with Gasteiger partial charge in [-0.25, -0.2) is 4.98 Å². The highest BCUT2D eigenvalue weighted by molar-refractivity contribution is 7.18. The van der Waals surface area contributed by atoms with Gasteiger partial charge in [0, 0.05) is 22.5 Å². The summed E-state index contributed by atoms with van der Waals surface area (Å²) in [6, 6.07) is 12.5. The van der Waals surface area contributed by atoms with E-state index < -0.39 is 0 Å². The van der Waals surface area contributed by atoms with Crippen LogP contribution in [0.15, 0.2) is 59.3 Å². The minimum atomic E-state index is -0.367. The van der Waals surface area contributed by atoms with Crippen LogP contribution in [0.25, 0.3) is 0 Å². The lowest BCUT2D eigenvalue weighted by Crippen LogP contribution is -2.10. The molecule has 0 atom stereocenters. The maximum Gasteiger partial charge on any atom is 0.291 e. The molecule has 0 radical (unpaired) electrons. The first kappa shape index (κ1) is 20.3. The number of aryl methyl sites for hydroxylation is 1. The summed E-state index contributed by atoms with van der Waals surface area (Å²) in [6.45, 7) is 1.97. The quantitative estimate of drug-likeness (QED) is 0.380. The van der Waals surface area contributed by atoms with Gasteiger partial charge in [-0.1, -0.05) is 29.8 Å². The molecule has 0 aliphatic carbocycles. The van der Waals surface area contributed by atoms with Crippen LogP contribution in [0.1, 0.15) is 36.2 Å². The summed E-state index contributed by atoms with van der Waals surface area (Å²) in [5.74, 6) is -0.445. The molecule has 9 heteroatoms. The summed E-state index contributed by atoms with van der Waals surface area (Å²) >= 11 is 8.94. The molecule has 1 aromatic carbocycles. The smallest absolute Gasteiger partial charge is 0.291 e. The van der Waals surface area contributed by atoms with Gasteiger partial charge in [-0.3, -0.25) is 14.9 Å². The Kier molecular flexibility index (Phi) is 5.98. The fourth-order valence-corrected chi connectivity index (χ4v) is 4.57. The first-order valence-corrected chi connectivity index (χ1v) is 11.0. The Morgan fingerprint density at radius 1 is 1.07 bits per heavy atom. The predicted octanol–water partition coefficient (Wildman–Crippen LogP) is 5.85. The Labute approximate surface area is 185 Å². The monoisotopic (exact) mass is 457 g/mol. The first-order chi connectivity index (χ1) is 14.5. The Bertz CT molecular complexity index is 1200. The molecule has 0 aliphatic rings. The molecule has 2 N–H and O–H groups in total. The number of benzene rings is 1. The van der Waals surface area contributed by atoms with E-state index >= 15 is 0 Å². The number of thiazole rings is 1. The van der Waals surface area contributed by atoms with Gasteiger partial charge in [0.25, 0.3) is 11.8 Å². The van der Waals surface area contributed by atoms with Gasteiger partial charge in [-0.2, -0.15) is 0 Å². The summed E-state index contributed by atoms with van der Waals surface area (Å²) in [5.41, 5.74) is 2.05. The van der Waals surface area contributed by atoms with Crippen molar-refractivity contribution in [3.63, 3.8) is 0 Å². The van der Waals surface area contributed by atoms with Crippen molar-refractivity contribution >= 4 is 56.2 Å². The molecule has 152 valence electrons. The molecule has 0 saturated heterocycles. The average Bonchev–Trinajstić information content (AvgIpc) is 3.47. The molecule has 4 aromatic rings. The number of nitrogens with one attached hydrogen (secondary N) is 2. The van der Waals surface area contributed by atoms with E-state index in [-0.39, 0.29) is 17.6 Å². The molecule has 3 heterocycles. The number of carbonyl (C=O) groups excluding carboxylic acids is 2. The lowest BCUT2D eigenvalue weighted by molar-refractivity contribution is 0.0995. The van der Waals surface area contributed by atoms with Crippen LogP contribution in [0.2, 0.25) is 5.02 Å². The maximum absolute atomic E-state index is 12.5. The molecule has 0 unspecified atom stereocenters. The van der Waals surface area contributed by atoms with Gasteiger partial charge < -0.3 is 9.73 Å². The summed E-state index contributed by atoms with van der Waals surface area (Å²) in [4.78, 5) is 30.3. The molecular formula is C21H16ClN3O3S2. The number of nitrogens with zero attached hydrogens (tertiary/aromatic N) is 1. The SMILES string of the molecule is Cc1cccc(Cc2cnc(NC(=O)c3ccc(NC(=O)c4ccco4)s3)s2)c1Cl. The van der Waals surface area contributed by atoms with Crippen molar-refractivity contribution in [3.8, 4) is 0 Å². The molecule has 0 fully saturated rings. The lowest BCUT2D eigenvalue weighted by atomic mass is 10.1. The van der Waals surface area contributed by atoms with E-state index in [1.807, 2.05) is 25.1 Å². The zero-order chi connectivity index (χ0) is 21.1. The third-order valence-electron chi connectivity index (χ3n) is 4.22. The number of anilines is 2. The third kappa shape index (κ3) is 4.62. The van der Waals surface area contributed by atoms with E-state index in [0.29, 0.717) is 21.4 Å². The number of rotatable bonds is 6. The van der Waals surface area contributed by atoms with Crippen molar-refractivity contribution in [2.45, 2.75) is 13.3 Å². The Morgan fingerprint density at radius 3 is 2.73 bits per heavy atom. The number of halogens is 1. The van der Waals surface area contributed by atoms with Gasteiger partial charge >= 0.3 is 0 Å². The second-order valence-electron chi connectivity index (χ2n) is 6.41. The number of carbonyl (C=O) groups is 2. The van der Waals surface area contributed by atoms with Crippen LogP contribution in [0, 0.1) is 6.92 Å². The minimum absolute atomic E-state index is 0.207. The van der Waals surface area contributed by atoms with Gasteiger partial charge in [-0.15, -0.1) is 22.7 Å². The van der Waals surface area contributed by atoms with E-state index in [1.54, 1.807) is 30.5 Å². The molecular weight excluding hydrogens is 442 g/mol. The minimum Gasteiger partial charge on any atom is -0.459 e. The topological polar surface area (TPSA) is 84.2 Å². The van der Waals surface area contributed by atoms with Gasteiger partial charge in [0.1, 0.15) is 0 Å². The second-order valence-corrected chi connectivity index (χ2v) is 8.98. The molecule has 30 heavy (non-hydrogen) atoms. The predicted molar refractivity (Wildman–Crippen MR) is 120 cm³/mol. The lowest BCUT2D eigenvalue weighted by Gasteiger charge is -2.04. The normalized spacial score (nSPS) is 10.7. The van der Waals surface area contributed by atoms with Crippen LogP contribution < -0.4 is 10.6 Å². The van der Waals surface area contributed by atoms with Crippen molar-refractivity contribution in [2.75, 3.05) is 10.6 Å². The van der Waals surface area contributed by atoms with Crippen LogP contribution in [0.4, 0.5) is 10.1 Å². The van der Waals surface area contributed by atoms with Crippen LogP contribution >= 0.6 is 34.3 Å². The van der Waals surface area contributed by atoms with Crippen LogP contribution in [-0.4, -0.2) is 16.8 Å². The van der Waals surface area contributed by atoms with Crippen molar-refractivity contribution in [3.05, 3.63) is 86.6 Å². The van der Waals surface area contributed by atoms with E-state index in [0.717, 1.165) is 21.0 Å². The highest BCUT2D eigenvalue weighted by atomic mass is 35.5. The summed E-state index contributed by atoms with van der Waals surface area (Å²) in [5, 5.41) is 7.31. The van der Waals surface area contributed by atoms with E-state index in [4.69, 9.17) is 16.0 Å². The standard InChI is InChI=1S/C21H16ClN3O3S2/c1-12-4-2-5-13(18(12)22)10-14-11-23-21(29-14)25-20(27)16-7-8-17(30-16)24-19(26)15-6-3-9-28-15/h2-9,11H,10H2,1H3,(H,24,26)(H,23,25,27). The molecule has 0 saturated carbocycles. The largest absolute Gasteiger partial charge is 0.459 e. The van der Waals surface area contributed by atoms with Crippen molar-refractivity contribution in [1.29, 1.82) is 0 Å². The maximum atomic E-state index is 12.5. The van der Waals surface area contributed by atoms with Crippen LogP contribution in [-0.2, 0) is 6.42 Å². The molecule has 0 bridgehead atoms. The number of amides is 2. The Morgan fingerprint density at radius 2 is 1.93 bits per heavy atom. The Balaban J connectivity index is 1.38. The number of hydrogen-bond acceptors (Lipinski definition) is 6. The van der Waals surface area contributed by atoms with Crippen LogP contribution in [0.5, 0.6) is 0 Å². The first-order valence-electron chi connectivity index (χ1n) is 8.94.